The Balaban J connectivity index is 1.82. The lowest BCUT2D eigenvalue weighted by Crippen LogP contribution is -2.25. The summed E-state index contributed by atoms with van der Waals surface area (Å²) in [5.74, 6) is -0.294. The molecule has 0 N–H and O–H groups in total. The molecular formula is C28H29N3O6. The number of carbonyl (C=O) groups is 2. The molecule has 0 radical (unpaired) electrons. The number of carbonyl (C=O) groups excluding carboxylic acids is 2. The van der Waals surface area contributed by atoms with Crippen molar-refractivity contribution in [2.75, 3.05) is 4.90 Å². The molecule has 3 aromatic rings. The molecular weight excluding hydrogens is 474 g/mol. The highest BCUT2D eigenvalue weighted by Gasteiger charge is 2.31. The molecule has 0 bridgehead atoms. The van der Waals surface area contributed by atoms with Gasteiger partial charge in [-0.25, -0.2) is 0 Å². The monoisotopic (exact) mass is 503 g/mol. The molecule has 1 aliphatic rings. The van der Waals surface area contributed by atoms with E-state index in [0.717, 1.165) is 23.0 Å². The Bertz CT molecular complexity index is 1460. The second kappa shape index (κ2) is 10.4. The molecule has 1 amide bonds. The van der Waals surface area contributed by atoms with Gasteiger partial charge in [0.25, 0.3) is 5.91 Å². The predicted molar refractivity (Wildman–Crippen MR) is 140 cm³/mol. The van der Waals surface area contributed by atoms with Gasteiger partial charge in [0, 0.05) is 42.9 Å². The maximum Gasteiger partial charge on any atom is 0.334 e. The molecule has 1 aliphatic heterocycles. The van der Waals surface area contributed by atoms with Crippen LogP contribution in [0.25, 0.3) is 11.1 Å². The van der Waals surface area contributed by atoms with Crippen LogP contribution in [0, 0.1) is 10.1 Å². The zero-order valence-corrected chi connectivity index (χ0v) is 21.3. The van der Waals surface area contributed by atoms with E-state index >= 15 is 0 Å². The highest BCUT2D eigenvalue weighted by Crippen LogP contribution is 2.37. The number of fused-ring (bicyclic) bond motifs is 1. The zero-order chi connectivity index (χ0) is 26.9. The van der Waals surface area contributed by atoms with E-state index in [0.29, 0.717) is 40.4 Å². The minimum atomic E-state index is -0.732. The van der Waals surface area contributed by atoms with Crippen molar-refractivity contribution in [3.05, 3.63) is 91.4 Å². The third-order valence-electron chi connectivity index (χ3n) is 6.76. The van der Waals surface area contributed by atoms with Gasteiger partial charge < -0.3 is 14.2 Å². The van der Waals surface area contributed by atoms with Crippen LogP contribution in [0.2, 0.25) is 0 Å². The molecule has 2 aromatic carbocycles. The van der Waals surface area contributed by atoms with Gasteiger partial charge in [0.15, 0.2) is 0 Å². The first-order valence-electron chi connectivity index (χ1n) is 12.2. The van der Waals surface area contributed by atoms with Crippen molar-refractivity contribution < 1.29 is 19.2 Å². The first-order chi connectivity index (χ1) is 17.6. The van der Waals surface area contributed by atoms with Crippen LogP contribution in [0.1, 0.15) is 66.6 Å². The number of rotatable bonds is 8. The SMILES string of the molecule is CCCC(C)c1ccc2c(c1)CN(c1cccc(-c3cc([N+](=O)[O-])c(=O)n(C)c3)c1COC(C)=O)C2=O. The van der Waals surface area contributed by atoms with Crippen LogP contribution in [0.5, 0.6) is 0 Å². The number of aryl methyl sites for hydroxylation is 1. The Hall–Kier alpha value is -4.27. The summed E-state index contributed by atoms with van der Waals surface area (Å²) >= 11 is 0. The average Bonchev–Trinajstić information content (AvgIpc) is 3.19. The highest BCUT2D eigenvalue weighted by molar-refractivity contribution is 6.10. The summed E-state index contributed by atoms with van der Waals surface area (Å²) < 4.78 is 6.48. The molecule has 9 nitrogen and oxygen atoms in total. The number of nitrogens with zero attached hydrogens (tertiary/aromatic N) is 3. The number of ether oxygens (including phenoxy) is 1. The van der Waals surface area contributed by atoms with E-state index in [1.165, 1.54) is 31.8 Å². The lowest BCUT2D eigenvalue weighted by Gasteiger charge is -2.22. The summed E-state index contributed by atoms with van der Waals surface area (Å²) in [6, 6.07) is 12.4. The van der Waals surface area contributed by atoms with Gasteiger partial charge in [0.2, 0.25) is 0 Å². The molecule has 37 heavy (non-hydrogen) atoms. The molecule has 0 aliphatic carbocycles. The molecule has 192 valence electrons. The lowest BCUT2D eigenvalue weighted by atomic mass is 9.94. The van der Waals surface area contributed by atoms with E-state index in [4.69, 9.17) is 4.74 Å². The molecule has 0 saturated carbocycles. The lowest BCUT2D eigenvalue weighted by molar-refractivity contribution is -0.386. The predicted octanol–water partition coefficient (Wildman–Crippen LogP) is 5.09. The number of pyridine rings is 1. The number of esters is 1. The van der Waals surface area contributed by atoms with Crippen molar-refractivity contribution >= 4 is 23.3 Å². The molecule has 0 spiro atoms. The maximum atomic E-state index is 13.5. The molecule has 0 fully saturated rings. The van der Waals surface area contributed by atoms with Crippen molar-refractivity contribution in [3.8, 4) is 11.1 Å². The number of nitro groups is 1. The summed E-state index contributed by atoms with van der Waals surface area (Å²) in [5.41, 5.74) is 3.41. The van der Waals surface area contributed by atoms with Crippen molar-refractivity contribution in [3.63, 3.8) is 0 Å². The van der Waals surface area contributed by atoms with Gasteiger partial charge in [0.05, 0.1) is 17.2 Å². The van der Waals surface area contributed by atoms with Crippen molar-refractivity contribution in [2.24, 2.45) is 7.05 Å². The first kappa shape index (κ1) is 25.8. The number of amides is 1. The number of aromatic nitrogens is 1. The van der Waals surface area contributed by atoms with Gasteiger partial charge in [-0.3, -0.25) is 24.5 Å². The Morgan fingerprint density at radius 3 is 2.59 bits per heavy atom. The second-order valence-corrected chi connectivity index (χ2v) is 9.37. The summed E-state index contributed by atoms with van der Waals surface area (Å²) in [6.45, 7) is 5.81. The standard InChI is InChI=1S/C28H29N3O6/c1-5-7-17(2)19-10-11-23-20(12-19)15-30(27(23)33)25-9-6-8-22(24(25)16-37-18(3)32)21-13-26(31(35)36)28(34)29(4)14-21/h6,8-14,17H,5,7,15-16H2,1-4H3. The minimum absolute atomic E-state index is 0.142. The van der Waals surface area contributed by atoms with Crippen LogP contribution < -0.4 is 10.5 Å². The zero-order valence-electron chi connectivity index (χ0n) is 21.3. The van der Waals surface area contributed by atoms with Gasteiger partial charge in [-0.15, -0.1) is 0 Å². The number of anilines is 1. The van der Waals surface area contributed by atoms with Crippen LogP contribution in [-0.2, 0) is 29.7 Å². The summed E-state index contributed by atoms with van der Waals surface area (Å²) in [5, 5.41) is 11.5. The summed E-state index contributed by atoms with van der Waals surface area (Å²) in [6.07, 6.45) is 3.61. The normalized spacial score (nSPS) is 13.4. The van der Waals surface area contributed by atoms with E-state index in [-0.39, 0.29) is 12.5 Å². The third kappa shape index (κ3) is 5.02. The molecule has 2 heterocycles. The Morgan fingerprint density at radius 1 is 1.16 bits per heavy atom. The first-order valence-corrected chi connectivity index (χ1v) is 12.2. The Morgan fingerprint density at radius 2 is 1.92 bits per heavy atom. The second-order valence-electron chi connectivity index (χ2n) is 9.37. The van der Waals surface area contributed by atoms with Crippen molar-refractivity contribution in [1.29, 1.82) is 0 Å². The molecule has 1 aromatic heterocycles. The fraction of sp³-hybridized carbons (Fsp3) is 0.321. The maximum absolute atomic E-state index is 13.5. The molecule has 4 rings (SSSR count). The Kier molecular flexibility index (Phi) is 7.24. The van der Waals surface area contributed by atoms with E-state index in [2.05, 4.69) is 19.9 Å². The third-order valence-corrected chi connectivity index (χ3v) is 6.76. The topological polar surface area (TPSA) is 112 Å². The van der Waals surface area contributed by atoms with Crippen LogP contribution in [0.4, 0.5) is 11.4 Å². The van der Waals surface area contributed by atoms with Crippen LogP contribution in [0.15, 0.2) is 53.5 Å². The summed E-state index contributed by atoms with van der Waals surface area (Å²) in [7, 11) is 1.44. The van der Waals surface area contributed by atoms with Gasteiger partial charge in [-0.2, -0.15) is 0 Å². The Labute approximate surface area is 214 Å². The van der Waals surface area contributed by atoms with Crippen molar-refractivity contribution in [2.45, 2.75) is 52.7 Å². The fourth-order valence-corrected chi connectivity index (χ4v) is 4.84. The van der Waals surface area contributed by atoms with Crippen molar-refractivity contribution in [1.82, 2.24) is 4.57 Å². The van der Waals surface area contributed by atoms with Gasteiger partial charge in [0.1, 0.15) is 6.61 Å². The average molecular weight is 504 g/mol. The van der Waals surface area contributed by atoms with Crippen LogP contribution in [0.3, 0.4) is 0 Å². The smallest absolute Gasteiger partial charge is 0.334 e. The fourth-order valence-electron chi connectivity index (χ4n) is 4.84. The van der Waals surface area contributed by atoms with E-state index < -0.39 is 22.1 Å². The molecule has 9 heteroatoms. The number of hydrogen-bond donors (Lipinski definition) is 0. The van der Waals surface area contributed by atoms with Crippen LogP contribution >= 0.6 is 0 Å². The molecule has 1 unspecified atom stereocenters. The van der Waals surface area contributed by atoms with E-state index in [9.17, 15) is 24.5 Å². The van der Waals surface area contributed by atoms with Gasteiger partial charge in [-0.1, -0.05) is 44.5 Å². The largest absolute Gasteiger partial charge is 0.461 e. The molecule has 0 saturated heterocycles. The van der Waals surface area contributed by atoms with E-state index in [1.807, 2.05) is 12.1 Å². The van der Waals surface area contributed by atoms with Gasteiger partial charge in [-0.05, 0) is 41.2 Å². The number of hydrogen-bond acceptors (Lipinski definition) is 6. The van der Waals surface area contributed by atoms with E-state index in [1.54, 1.807) is 23.1 Å². The quantitative estimate of drug-likeness (QED) is 0.241. The van der Waals surface area contributed by atoms with Crippen LogP contribution in [-0.4, -0.2) is 21.4 Å². The highest BCUT2D eigenvalue weighted by atomic mass is 16.6. The number of benzene rings is 2. The molecule has 1 atom stereocenters. The summed E-state index contributed by atoms with van der Waals surface area (Å²) in [4.78, 5) is 49.8. The minimum Gasteiger partial charge on any atom is -0.461 e. The van der Waals surface area contributed by atoms with Gasteiger partial charge >= 0.3 is 17.2 Å².